The number of benzene rings is 1. The highest BCUT2D eigenvalue weighted by molar-refractivity contribution is 5.81. The average molecular weight is 356 g/mol. The Morgan fingerprint density at radius 1 is 1.42 bits per heavy atom. The molecule has 1 aliphatic rings. The molecule has 2 heterocycles. The standard InChI is InChI=1S/C20H28N4O2/c1-14-6-5-9-23(11-14)16(3)10-21-18(25)12-24-13-22-19-15(2)7-4-8-17(19)20(24)26/h4,7-8,13-14,16H,5-6,9-12H2,1-3H3,(H,21,25). The molecule has 26 heavy (non-hydrogen) atoms. The van der Waals surface area contributed by atoms with Crippen molar-refractivity contribution in [1.29, 1.82) is 0 Å². The molecule has 140 valence electrons. The summed E-state index contributed by atoms with van der Waals surface area (Å²) in [6, 6.07) is 5.82. The van der Waals surface area contributed by atoms with Gasteiger partial charge in [0.25, 0.3) is 5.56 Å². The second-order valence-electron chi connectivity index (χ2n) is 7.54. The number of carbonyl (C=O) groups excluding carboxylic acids is 1. The summed E-state index contributed by atoms with van der Waals surface area (Å²) in [7, 11) is 0. The van der Waals surface area contributed by atoms with Crippen LogP contribution in [0.4, 0.5) is 0 Å². The van der Waals surface area contributed by atoms with Crippen LogP contribution in [-0.2, 0) is 11.3 Å². The highest BCUT2D eigenvalue weighted by atomic mass is 16.2. The molecule has 2 aromatic rings. The second-order valence-corrected chi connectivity index (χ2v) is 7.54. The Morgan fingerprint density at radius 3 is 3.00 bits per heavy atom. The number of hydrogen-bond acceptors (Lipinski definition) is 4. The van der Waals surface area contributed by atoms with Gasteiger partial charge in [0.1, 0.15) is 6.54 Å². The molecule has 0 bridgehead atoms. The number of aromatic nitrogens is 2. The number of para-hydroxylation sites is 1. The van der Waals surface area contributed by atoms with Crippen molar-refractivity contribution in [1.82, 2.24) is 19.8 Å². The van der Waals surface area contributed by atoms with Gasteiger partial charge in [-0.1, -0.05) is 19.1 Å². The van der Waals surface area contributed by atoms with Crippen LogP contribution in [0.2, 0.25) is 0 Å². The van der Waals surface area contributed by atoms with Gasteiger partial charge in [-0.2, -0.15) is 0 Å². The topological polar surface area (TPSA) is 67.2 Å². The van der Waals surface area contributed by atoms with Crippen molar-refractivity contribution in [3.05, 3.63) is 40.4 Å². The van der Waals surface area contributed by atoms with Crippen LogP contribution in [0.3, 0.4) is 0 Å². The van der Waals surface area contributed by atoms with Gasteiger partial charge in [0, 0.05) is 19.1 Å². The van der Waals surface area contributed by atoms with E-state index in [1.807, 2.05) is 19.1 Å². The van der Waals surface area contributed by atoms with E-state index in [1.165, 1.54) is 23.7 Å². The lowest BCUT2D eigenvalue weighted by molar-refractivity contribution is -0.122. The van der Waals surface area contributed by atoms with Gasteiger partial charge in [-0.3, -0.25) is 19.1 Å². The Labute approximate surface area is 154 Å². The zero-order chi connectivity index (χ0) is 18.7. The van der Waals surface area contributed by atoms with Crippen LogP contribution in [-0.4, -0.2) is 46.0 Å². The van der Waals surface area contributed by atoms with Crippen LogP contribution >= 0.6 is 0 Å². The van der Waals surface area contributed by atoms with Crippen molar-refractivity contribution < 1.29 is 4.79 Å². The highest BCUT2D eigenvalue weighted by Gasteiger charge is 2.21. The number of amides is 1. The lowest BCUT2D eigenvalue weighted by Crippen LogP contribution is -2.47. The minimum Gasteiger partial charge on any atom is -0.353 e. The summed E-state index contributed by atoms with van der Waals surface area (Å²) < 4.78 is 1.38. The molecule has 1 aromatic carbocycles. The van der Waals surface area contributed by atoms with Crippen molar-refractivity contribution in [3.63, 3.8) is 0 Å². The lowest BCUT2D eigenvalue weighted by Gasteiger charge is -2.35. The number of likely N-dealkylation sites (tertiary alicyclic amines) is 1. The molecule has 1 aliphatic heterocycles. The van der Waals surface area contributed by atoms with Crippen molar-refractivity contribution in [3.8, 4) is 0 Å². The van der Waals surface area contributed by atoms with Crippen LogP contribution < -0.4 is 10.9 Å². The van der Waals surface area contributed by atoms with E-state index in [0.717, 1.165) is 18.7 Å². The molecule has 0 spiro atoms. The maximum Gasteiger partial charge on any atom is 0.261 e. The Morgan fingerprint density at radius 2 is 2.23 bits per heavy atom. The summed E-state index contributed by atoms with van der Waals surface area (Å²) in [4.78, 5) is 31.7. The average Bonchev–Trinajstić information content (AvgIpc) is 2.62. The number of nitrogens with one attached hydrogen (secondary N) is 1. The molecule has 1 N–H and O–H groups in total. The third kappa shape index (κ3) is 4.12. The van der Waals surface area contributed by atoms with E-state index in [2.05, 4.69) is 29.0 Å². The largest absolute Gasteiger partial charge is 0.353 e. The predicted molar refractivity (Wildman–Crippen MR) is 103 cm³/mol. The number of fused-ring (bicyclic) bond motifs is 1. The van der Waals surface area contributed by atoms with E-state index >= 15 is 0 Å². The van der Waals surface area contributed by atoms with Crippen molar-refractivity contribution in [2.75, 3.05) is 19.6 Å². The highest BCUT2D eigenvalue weighted by Crippen LogP contribution is 2.17. The van der Waals surface area contributed by atoms with E-state index in [4.69, 9.17) is 0 Å². The number of carbonyl (C=O) groups is 1. The predicted octanol–water partition coefficient (Wildman–Crippen LogP) is 1.94. The van der Waals surface area contributed by atoms with E-state index in [1.54, 1.807) is 6.07 Å². The Kier molecular flexibility index (Phi) is 5.71. The summed E-state index contributed by atoms with van der Waals surface area (Å²) in [5.74, 6) is 0.561. The van der Waals surface area contributed by atoms with E-state index < -0.39 is 0 Å². The third-order valence-electron chi connectivity index (χ3n) is 5.28. The van der Waals surface area contributed by atoms with Crippen LogP contribution in [0.15, 0.2) is 29.3 Å². The van der Waals surface area contributed by atoms with Crippen LogP contribution in [0.1, 0.15) is 32.3 Å². The zero-order valence-electron chi connectivity index (χ0n) is 15.9. The first kappa shape index (κ1) is 18.6. The fourth-order valence-electron chi connectivity index (χ4n) is 3.68. The first-order valence-electron chi connectivity index (χ1n) is 9.41. The number of piperidine rings is 1. The molecule has 2 atom stereocenters. The monoisotopic (exact) mass is 356 g/mol. The molecule has 6 heteroatoms. The van der Waals surface area contributed by atoms with Gasteiger partial charge in [-0.05, 0) is 50.8 Å². The Balaban J connectivity index is 1.61. The van der Waals surface area contributed by atoms with Gasteiger partial charge in [-0.15, -0.1) is 0 Å². The maximum absolute atomic E-state index is 12.6. The van der Waals surface area contributed by atoms with E-state index in [9.17, 15) is 9.59 Å². The van der Waals surface area contributed by atoms with Gasteiger partial charge in [0.15, 0.2) is 0 Å². The molecule has 0 aliphatic carbocycles. The Bertz CT molecular complexity index is 845. The number of rotatable bonds is 5. The molecular formula is C20H28N4O2. The quantitative estimate of drug-likeness (QED) is 0.889. The van der Waals surface area contributed by atoms with E-state index in [-0.39, 0.29) is 18.0 Å². The van der Waals surface area contributed by atoms with Gasteiger partial charge in [-0.25, -0.2) is 4.98 Å². The molecule has 1 amide bonds. The van der Waals surface area contributed by atoms with Crippen LogP contribution in [0.25, 0.3) is 10.9 Å². The molecule has 0 radical (unpaired) electrons. The zero-order valence-corrected chi connectivity index (χ0v) is 15.9. The molecule has 1 fully saturated rings. The normalized spacial score (nSPS) is 19.4. The lowest BCUT2D eigenvalue weighted by atomic mass is 9.99. The number of nitrogens with zero attached hydrogens (tertiary/aromatic N) is 3. The maximum atomic E-state index is 12.6. The third-order valence-corrected chi connectivity index (χ3v) is 5.28. The molecule has 0 saturated carbocycles. The first-order valence-corrected chi connectivity index (χ1v) is 9.41. The summed E-state index contributed by atoms with van der Waals surface area (Å²) in [6.45, 7) is 9.12. The summed E-state index contributed by atoms with van der Waals surface area (Å²) >= 11 is 0. The van der Waals surface area contributed by atoms with Gasteiger partial charge >= 0.3 is 0 Å². The fraction of sp³-hybridized carbons (Fsp3) is 0.550. The summed E-state index contributed by atoms with van der Waals surface area (Å²) in [5.41, 5.74) is 1.48. The van der Waals surface area contributed by atoms with Crippen molar-refractivity contribution in [2.45, 2.75) is 46.2 Å². The smallest absolute Gasteiger partial charge is 0.261 e. The second kappa shape index (κ2) is 7.99. The summed E-state index contributed by atoms with van der Waals surface area (Å²) in [6.07, 6.45) is 3.97. The Hall–Kier alpha value is -2.21. The van der Waals surface area contributed by atoms with Crippen molar-refractivity contribution >= 4 is 16.8 Å². The van der Waals surface area contributed by atoms with Gasteiger partial charge < -0.3 is 5.32 Å². The van der Waals surface area contributed by atoms with Crippen LogP contribution in [0.5, 0.6) is 0 Å². The minimum atomic E-state index is -0.174. The molecule has 1 saturated heterocycles. The minimum absolute atomic E-state index is 0.00115. The number of aryl methyl sites for hydroxylation is 1. The molecular weight excluding hydrogens is 328 g/mol. The molecule has 1 aromatic heterocycles. The molecule has 6 nitrogen and oxygen atoms in total. The molecule has 2 unspecified atom stereocenters. The molecule has 3 rings (SSSR count). The SMILES string of the molecule is Cc1cccc2c(=O)n(CC(=O)NCC(C)N3CCCC(C)C3)cnc12. The first-order chi connectivity index (χ1) is 12.5. The van der Waals surface area contributed by atoms with Gasteiger partial charge in [0.2, 0.25) is 5.91 Å². The fourth-order valence-corrected chi connectivity index (χ4v) is 3.68. The number of hydrogen-bond donors (Lipinski definition) is 1. The van der Waals surface area contributed by atoms with E-state index in [0.29, 0.717) is 29.4 Å². The summed E-state index contributed by atoms with van der Waals surface area (Å²) in [5, 5.41) is 3.51. The van der Waals surface area contributed by atoms with Crippen molar-refractivity contribution in [2.24, 2.45) is 5.92 Å². The van der Waals surface area contributed by atoms with Crippen LogP contribution in [0, 0.1) is 12.8 Å². The van der Waals surface area contributed by atoms with Gasteiger partial charge in [0.05, 0.1) is 17.2 Å².